The molecule has 44 valence electrons. The molecule has 0 radical (unpaired) electrons. The molecule has 0 aromatic rings. The van der Waals surface area contributed by atoms with Gasteiger partial charge in [-0.05, 0) is 5.57 Å². The van der Waals surface area contributed by atoms with Gasteiger partial charge in [0, 0.05) is 6.54 Å². The molecule has 0 aromatic carbocycles. The molecule has 0 aromatic heterocycles. The van der Waals surface area contributed by atoms with Crippen LogP contribution in [0, 0.1) is 0 Å². The number of hydrogen-bond donors (Lipinski definition) is 1. The number of nitrogens with two attached hydrogens (primary N) is 1. The SMILES string of the molecule is C=C/C=C(\C=C)CN. The van der Waals surface area contributed by atoms with Crippen molar-refractivity contribution in [1.82, 2.24) is 0 Å². The Kier molecular flexibility index (Phi) is 3.90. The lowest BCUT2D eigenvalue weighted by Gasteiger charge is -1.89. The first-order valence-electron chi connectivity index (χ1n) is 2.49. The van der Waals surface area contributed by atoms with Crippen LogP contribution in [0.4, 0.5) is 0 Å². The second-order valence-corrected chi connectivity index (χ2v) is 1.39. The summed E-state index contributed by atoms with van der Waals surface area (Å²) in [6, 6.07) is 0. The molecule has 0 saturated heterocycles. The third-order valence-electron chi connectivity index (χ3n) is 0.830. The molecule has 0 saturated carbocycles. The molecule has 0 rings (SSSR count). The molecule has 0 amide bonds. The van der Waals surface area contributed by atoms with Crippen LogP contribution in [-0.4, -0.2) is 6.54 Å². The Hall–Kier alpha value is -0.820. The van der Waals surface area contributed by atoms with Gasteiger partial charge in [-0.3, -0.25) is 0 Å². The third-order valence-corrected chi connectivity index (χ3v) is 0.830. The fourth-order valence-corrected chi connectivity index (χ4v) is 0.371. The second kappa shape index (κ2) is 4.34. The van der Waals surface area contributed by atoms with E-state index in [0.29, 0.717) is 6.54 Å². The molecule has 0 aliphatic rings. The zero-order chi connectivity index (χ0) is 6.41. The van der Waals surface area contributed by atoms with E-state index in [1.54, 1.807) is 12.2 Å². The van der Waals surface area contributed by atoms with Crippen LogP contribution in [0.15, 0.2) is 37.0 Å². The van der Waals surface area contributed by atoms with E-state index in [9.17, 15) is 0 Å². The Morgan fingerprint density at radius 3 is 2.25 bits per heavy atom. The predicted octanol–water partition coefficient (Wildman–Crippen LogP) is 1.24. The molecule has 0 aliphatic carbocycles. The van der Waals surface area contributed by atoms with Crippen LogP contribution < -0.4 is 5.73 Å². The standard InChI is InChI=1S/C7H11N/c1-3-5-7(4-2)6-8/h3-5H,1-2,6,8H2/b7-5+. The van der Waals surface area contributed by atoms with Crippen LogP contribution in [0.25, 0.3) is 0 Å². The van der Waals surface area contributed by atoms with Gasteiger partial charge in [-0.15, -0.1) is 0 Å². The normalized spacial score (nSPS) is 10.9. The summed E-state index contributed by atoms with van der Waals surface area (Å²) in [4.78, 5) is 0. The molecule has 1 heteroatoms. The number of hydrogen-bond acceptors (Lipinski definition) is 1. The summed E-state index contributed by atoms with van der Waals surface area (Å²) in [7, 11) is 0. The highest BCUT2D eigenvalue weighted by atomic mass is 14.5. The molecule has 2 N–H and O–H groups in total. The highest BCUT2D eigenvalue weighted by Gasteiger charge is 1.79. The van der Waals surface area contributed by atoms with Gasteiger partial charge in [0.25, 0.3) is 0 Å². The molecule has 0 heterocycles. The van der Waals surface area contributed by atoms with Crippen LogP contribution >= 0.6 is 0 Å². The van der Waals surface area contributed by atoms with Crippen LogP contribution in [0.5, 0.6) is 0 Å². The summed E-state index contributed by atoms with van der Waals surface area (Å²) in [5.74, 6) is 0. The Morgan fingerprint density at radius 2 is 2.12 bits per heavy atom. The van der Waals surface area contributed by atoms with Crippen molar-refractivity contribution in [3.63, 3.8) is 0 Å². The first kappa shape index (κ1) is 7.18. The summed E-state index contributed by atoms with van der Waals surface area (Å²) in [6.45, 7) is 7.61. The zero-order valence-corrected chi connectivity index (χ0v) is 4.93. The minimum Gasteiger partial charge on any atom is -0.326 e. The van der Waals surface area contributed by atoms with Gasteiger partial charge in [0.15, 0.2) is 0 Å². The van der Waals surface area contributed by atoms with Crippen LogP contribution in [0.3, 0.4) is 0 Å². The largest absolute Gasteiger partial charge is 0.326 e. The van der Waals surface area contributed by atoms with Crippen molar-refractivity contribution in [2.45, 2.75) is 0 Å². The fraction of sp³-hybridized carbons (Fsp3) is 0.143. The first-order chi connectivity index (χ1) is 3.85. The molecular formula is C7H11N. The predicted molar refractivity (Wildman–Crippen MR) is 37.5 cm³/mol. The minimum atomic E-state index is 0.537. The molecule has 0 atom stereocenters. The van der Waals surface area contributed by atoms with Crippen molar-refractivity contribution in [2.24, 2.45) is 5.73 Å². The van der Waals surface area contributed by atoms with Crippen LogP contribution in [0.1, 0.15) is 0 Å². The lowest BCUT2D eigenvalue weighted by Crippen LogP contribution is -1.99. The molecule has 0 unspecified atom stereocenters. The Bertz CT molecular complexity index is 112. The quantitative estimate of drug-likeness (QED) is 0.542. The van der Waals surface area contributed by atoms with Gasteiger partial charge in [-0.25, -0.2) is 0 Å². The van der Waals surface area contributed by atoms with Crippen molar-refractivity contribution >= 4 is 0 Å². The second-order valence-electron chi connectivity index (χ2n) is 1.39. The van der Waals surface area contributed by atoms with E-state index >= 15 is 0 Å². The Labute approximate surface area is 50.2 Å². The van der Waals surface area contributed by atoms with Gasteiger partial charge in [0.05, 0.1) is 0 Å². The first-order valence-corrected chi connectivity index (χ1v) is 2.49. The highest BCUT2D eigenvalue weighted by Crippen LogP contribution is 1.90. The van der Waals surface area contributed by atoms with Crippen molar-refractivity contribution in [3.8, 4) is 0 Å². The van der Waals surface area contributed by atoms with E-state index in [1.165, 1.54) is 0 Å². The van der Waals surface area contributed by atoms with Gasteiger partial charge >= 0.3 is 0 Å². The topological polar surface area (TPSA) is 26.0 Å². The van der Waals surface area contributed by atoms with Crippen molar-refractivity contribution in [2.75, 3.05) is 6.54 Å². The molecule has 0 aliphatic heterocycles. The maximum atomic E-state index is 5.28. The maximum Gasteiger partial charge on any atom is 0.0177 e. The summed E-state index contributed by atoms with van der Waals surface area (Å²) >= 11 is 0. The molecular weight excluding hydrogens is 98.1 g/mol. The van der Waals surface area contributed by atoms with Crippen LogP contribution in [0.2, 0.25) is 0 Å². The van der Waals surface area contributed by atoms with Crippen molar-refractivity contribution in [3.05, 3.63) is 37.0 Å². The molecule has 8 heavy (non-hydrogen) atoms. The molecule has 0 spiro atoms. The van der Waals surface area contributed by atoms with E-state index < -0.39 is 0 Å². The van der Waals surface area contributed by atoms with Crippen molar-refractivity contribution < 1.29 is 0 Å². The third kappa shape index (κ3) is 2.37. The Balaban J connectivity index is 3.84. The summed E-state index contributed by atoms with van der Waals surface area (Å²) < 4.78 is 0. The smallest absolute Gasteiger partial charge is 0.0177 e. The summed E-state index contributed by atoms with van der Waals surface area (Å²) in [6.07, 6.45) is 5.26. The Morgan fingerprint density at radius 1 is 1.50 bits per heavy atom. The minimum absolute atomic E-state index is 0.537. The zero-order valence-electron chi connectivity index (χ0n) is 4.93. The summed E-state index contributed by atoms with van der Waals surface area (Å²) in [5.41, 5.74) is 6.30. The fourth-order valence-electron chi connectivity index (χ4n) is 0.371. The van der Waals surface area contributed by atoms with E-state index in [2.05, 4.69) is 13.2 Å². The lowest BCUT2D eigenvalue weighted by molar-refractivity contribution is 1.19. The van der Waals surface area contributed by atoms with Gasteiger partial charge in [0.1, 0.15) is 0 Å². The van der Waals surface area contributed by atoms with Gasteiger partial charge < -0.3 is 5.73 Å². The van der Waals surface area contributed by atoms with E-state index in [-0.39, 0.29) is 0 Å². The monoisotopic (exact) mass is 109 g/mol. The van der Waals surface area contributed by atoms with Crippen LogP contribution in [-0.2, 0) is 0 Å². The van der Waals surface area contributed by atoms with Crippen molar-refractivity contribution in [1.29, 1.82) is 0 Å². The van der Waals surface area contributed by atoms with Gasteiger partial charge in [0.2, 0.25) is 0 Å². The number of allylic oxidation sites excluding steroid dienone is 2. The van der Waals surface area contributed by atoms with Gasteiger partial charge in [-0.1, -0.05) is 31.4 Å². The molecule has 0 fully saturated rings. The average Bonchev–Trinajstić information content (AvgIpc) is 1.83. The molecule has 0 bridgehead atoms. The highest BCUT2D eigenvalue weighted by molar-refractivity contribution is 5.21. The maximum absolute atomic E-state index is 5.28. The summed E-state index contributed by atoms with van der Waals surface area (Å²) in [5, 5.41) is 0. The van der Waals surface area contributed by atoms with E-state index in [1.807, 2.05) is 6.08 Å². The number of rotatable bonds is 3. The average molecular weight is 109 g/mol. The van der Waals surface area contributed by atoms with E-state index in [4.69, 9.17) is 5.73 Å². The van der Waals surface area contributed by atoms with E-state index in [0.717, 1.165) is 5.57 Å². The molecule has 1 nitrogen and oxygen atoms in total. The lowest BCUT2D eigenvalue weighted by atomic mass is 10.2. The van der Waals surface area contributed by atoms with Gasteiger partial charge in [-0.2, -0.15) is 0 Å².